The van der Waals surface area contributed by atoms with Crippen LogP contribution in [0.15, 0.2) is 36.7 Å². The van der Waals surface area contributed by atoms with E-state index in [-0.39, 0.29) is 0 Å². The topological polar surface area (TPSA) is 78.8 Å². The number of nitrogen functional groups attached to an aromatic ring is 1. The second kappa shape index (κ2) is 5.15. The minimum Gasteiger partial charge on any atom is -0.398 e. The second-order valence-corrected chi connectivity index (χ2v) is 3.93. The highest BCUT2D eigenvalue weighted by Gasteiger charge is 2.06. The molecule has 0 bridgehead atoms. The number of rotatable bonds is 3. The summed E-state index contributed by atoms with van der Waals surface area (Å²) in [5.74, 6) is 0.706. The zero-order valence-corrected chi connectivity index (χ0v) is 10.0. The molecule has 5 heteroatoms. The standard InChI is InChI=1S/C13H13N5/c1-18(9-10-4-2-3-5-12(10)15)13-8-16-11(6-14)7-17-13/h2-5,7-8H,9,15H2,1H3. The molecule has 0 saturated carbocycles. The van der Waals surface area contributed by atoms with Crippen LogP contribution in [0.3, 0.4) is 0 Å². The van der Waals surface area contributed by atoms with Crippen LogP contribution >= 0.6 is 0 Å². The number of hydrogen-bond acceptors (Lipinski definition) is 5. The summed E-state index contributed by atoms with van der Waals surface area (Å²) >= 11 is 0. The zero-order valence-electron chi connectivity index (χ0n) is 10.0. The molecule has 0 radical (unpaired) electrons. The second-order valence-electron chi connectivity index (χ2n) is 3.93. The van der Waals surface area contributed by atoms with Crippen LogP contribution in [0.5, 0.6) is 0 Å². The average molecular weight is 239 g/mol. The lowest BCUT2D eigenvalue weighted by atomic mass is 10.2. The van der Waals surface area contributed by atoms with E-state index in [9.17, 15) is 0 Å². The van der Waals surface area contributed by atoms with Crippen molar-refractivity contribution in [3.05, 3.63) is 47.9 Å². The lowest BCUT2D eigenvalue weighted by Crippen LogP contribution is -2.18. The van der Waals surface area contributed by atoms with Gasteiger partial charge in [-0.05, 0) is 11.6 Å². The van der Waals surface area contributed by atoms with Crippen molar-refractivity contribution < 1.29 is 0 Å². The Hall–Kier alpha value is -2.61. The van der Waals surface area contributed by atoms with Gasteiger partial charge in [0.1, 0.15) is 11.9 Å². The Kier molecular flexibility index (Phi) is 3.39. The summed E-state index contributed by atoms with van der Waals surface area (Å²) in [6.07, 6.45) is 3.04. The van der Waals surface area contributed by atoms with Gasteiger partial charge in [-0.25, -0.2) is 9.97 Å². The Morgan fingerprint density at radius 1 is 1.28 bits per heavy atom. The smallest absolute Gasteiger partial charge is 0.158 e. The quantitative estimate of drug-likeness (QED) is 0.822. The van der Waals surface area contributed by atoms with Crippen LogP contribution in [0.1, 0.15) is 11.3 Å². The number of benzene rings is 1. The van der Waals surface area contributed by atoms with Crippen molar-refractivity contribution in [2.75, 3.05) is 17.7 Å². The van der Waals surface area contributed by atoms with E-state index >= 15 is 0 Å². The van der Waals surface area contributed by atoms with E-state index in [1.165, 1.54) is 6.20 Å². The third-order valence-electron chi connectivity index (χ3n) is 2.61. The third-order valence-corrected chi connectivity index (χ3v) is 2.61. The first-order valence-corrected chi connectivity index (χ1v) is 5.47. The fourth-order valence-corrected chi connectivity index (χ4v) is 1.59. The number of anilines is 2. The number of nitriles is 1. The van der Waals surface area contributed by atoms with Gasteiger partial charge in [-0.1, -0.05) is 18.2 Å². The molecule has 0 amide bonds. The number of nitrogens with two attached hydrogens (primary N) is 1. The van der Waals surface area contributed by atoms with Gasteiger partial charge in [0.25, 0.3) is 0 Å². The van der Waals surface area contributed by atoms with Crippen LogP contribution in [0, 0.1) is 11.3 Å². The largest absolute Gasteiger partial charge is 0.398 e. The monoisotopic (exact) mass is 239 g/mol. The molecule has 0 fully saturated rings. The summed E-state index contributed by atoms with van der Waals surface area (Å²) < 4.78 is 0. The molecular weight excluding hydrogens is 226 g/mol. The van der Waals surface area contributed by atoms with Crippen molar-refractivity contribution in [3.63, 3.8) is 0 Å². The Morgan fingerprint density at radius 2 is 2.06 bits per heavy atom. The lowest BCUT2D eigenvalue weighted by Gasteiger charge is -2.18. The van der Waals surface area contributed by atoms with Crippen LogP contribution in [0.4, 0.5) is 11.5 Å². The molecule has 90 valence electrons. The number of aromatic nitrogens is 2. The minimum atomic E-state index is 0.311. The first-order valence-electron chi connectivity index (χ1n) is 5.47. The maximum absolute atomic E-state index is 8.66. The van der Waals surface area contributed by atoms with Crippen LogP contribution in [0.2, 0.25) is 0 Å². The van der Waals surface area contributed by atoms with Crippen LogP contribution in [-0.4, -0.2) is 17.0 Å². The third kappa shape index (κ3) is 2.55. The number of nitrogens with zero attached hydrogens (tertiary/aromatic N) is 4. The number of para-hydroxylation sites is 1. The summed E-state index contributed by atoms with van der Waals surface area (Å²) in [5.41, 5.74) is 7.99. The van der Waals surface area contributed by atoms with Gasteiger partial charge in [-0.15, -0.1) is 0 Å². The molecule has 1 aromatic carbocycles. The maximum Gasteiger partial charge on any atom is 0.158 e. The SMILES string of the molecule is CN(Cc1ccccc1N)c1cnc(C#N)cn1. The predicted octanol–water partition coefficient (Wildman–Crippen LogP) is 1.57. The first kappa shape index (κ1) is 11.9. The molecule has 0 aliphatic rings. The maximum atomic E-state index is 8.66. The van der Waals surface area contributed by atoms with E-state index in [0.717, 1.165) is 11.3 Å². The van der Waals surface area contributed by atoms with E-state index in [4.69, 9.17) is 11.0 Å². The Morgan fingerprint density at radius 3 is 2.67 bits per heavy atom. The molecule has 0 unspecified atom stereocenters. The molecule has 5 nitrogen and oxygen atoms in total. The van der Waals surface area contributed by atoms with Crippen molar-refractivity contribution >= 4 is 11.5 Å². The molecule has 2 N–H and O–H groups in total. The summed E-state index contributed by atoms with van der Waals surface area (Å²) in [6, 6.07) is 9.64. The fraction of sp³-hybridized carbons (Fsp3) is 0.154. The van der Waals surface area contributed by atoms with E-state index in [0.29, 0.717) is 18.1 Å². The molecule has 0 aliphatic carbocycles. The van der Waals surface area contributed by atoms with Crippen molar-refractivity contribution in [2.45, 2.75) is 6.54 Å². The fourth-order valence-electron chi connectivity index (χ4n) is 1.59. The summed E-state index contributed by atoms with van der Waals surface area (Å²) in [4.78, 5) is 10.1. The highest BCUT2D eigenvalue weighted by Crippen LogP contribution is 2.16. The minimum absolute atomic E-state index is 0.311. The van der Waals surface area contributed by atoms with Crippen LogP contribution < -0.4 is 10.6 Å². The molecule has 18 heavy (non-hydrogen) atoms. The van der Waals surface area contributed by atoms with Crippen LogP contribution in [-0.2, 0) is 6.54 Å². The summed E-state index contributed by atoms with van der Waals surface area (Å²) in [6.45, 7) is 0.646. The van der Waals surface area contributed by atoms with E-state index in [1.807, 2.05) is 42.3 Å². The molecule has 2 rings (SSSR count). The van der Waals surface area contributed by atoms with Gasteiger partial charge in [0.2, 0.25) is 0 Å². The normalized spacial score (nSPS) is 9.78. The van der Waals surface area contributed by atoms with Crippen molar-refractivity contribution in [1.29, 1.82) is 5.26 Å². The van der Waals surface area contributed by atoms with Gasteiger partial charge in [0, 0.05) is 19.3 Å². The van der Waals surface area contributed by atoms with E-state index in [2.05, 4.69) is 9.97 Å². The zero-order chi connectivity index (χ0) is 13.0. The van der Waals surface area contributed by atoms with Gasteiger partial charge >= 0.3 is 0 Å². The molecule has 0 saturated heterocycles. The van der Waals surface area contributed by atoms with Gasteiger partial charge in [0.05, 0.1) is 12.4 Å². The van der Waals surface area contributed by atoms with Gasteiger partial charge < -0.3 is 10.6 Å². The Balaban J connectivity index is 2.15. The molecule has 0 spiro atoms. The molecule has 0 aliphatic heterocycles. The van der Waals surface area contributed by atoms with E-state index < -0.39 is 0 Å². The summed E-state index contributed by atoms with van der Waals surface area (Å²) in [5, 5.41) is 8.66. The first-order chi connectivity index (χ1) is 8.70. The Bertz CT molecular complexity index is 571. The predicted molar refractivity (Wildman–Crippen MR) is 69.7 cm³/mol. The Labute approximate surface area is 106 Å². The van der Waals surface area contributed by atoms with Crippen molar-refractivity contribution in [2.24, 2.45) is 0 Å². The average Bonchev–Trinajstić information content (AvgIpc) is 2.41. The highest BCUT2D eigenvalue weighted by atomic mass is 15.2. The van der Waals surface area contributed by atoms with Gasteiger partial charge in [-0.3, -0.25) is 0 Å². The van der Waals surface area contributed by atoms with E-state index in [1.54, 1.807) is 6.20 Å². The highest BCUT2D eigenvalue weighted by molar-refractivity contribution is 5.49. The van der Waals surface area contributed by atoms with Crippen molar-refractivity contribution in [3.8, 4) is 6.07 Å². The van der Waals surface area contributed by atoms with Gasteiger partial charge in [0.15, 0.2) is 5.69 Å². The van der Waals surface area contributed by atoms with Gasteiger partial charge in [-0.2, -0.15) is 5.26 Å². The molecule has 2 aromatic rings. The molecular formula is C13H13N5. The lowest BCUT2D eigenvalue weighted by molar-refractivity contribution is 0.890. The molecule has 1 heterocycles. The van der Waals surface area contributed by atoms with Crippen molar-refractivity contribution in [1.82, 2.24) is 9.97 Å². The molecule has 1 aromatic heterocycles. The molecule has 0 atom stereocenters. The van der Waals surface area contributed by atoms with Crippen LogP contribution in [0.25, 0.3) is 0 Å². The summed E-state index contributed by atoms with van der Waals surface area (Å²) in [7, 11) is 1.91. The number of hydrogen-bond donors (Lipinski definition) is 1.